The van der Waals surface area contributed by atoms with E-state index in [2.05, 4.69) is 55.8 Å². The molecule has 0 fully saturated rings. The smallest absolute Gasteiger partial charge is 0.126 e. The Morgan fingerprint density at radius 1 is 1.23 bits per heavy atom. The molecular formula is C18H29N3O. The Labute approximate surface area is 133 Å². The molecule has 1 aromatic carbocycles. The fraction of sp³-hybridized carbons (Fsp3) is 0.611. The second-order valence-corrected chi connectivity index (χ2v) is 6.17. The predicted molar refractivity (Wildman–Crippen MR) is 91.9 cm³/mol. The van der Waals surface area contributed by atoms with Crippen LogP contribution in [0.15, 0.2) is 24.3 Å². The van der Waals surface area contributed by atoms with Gasteiger partial charge in [0, 0.05) is 25.1 Å². The highest BCUT2D eigenvalue weighted by atomic mass is 16.3. The second kappa shape index (κ2) is 7.25. The Balaban J connectivity index is 2.21. The van der Waals surface area contributed by atoms with Crippen molar-refractivity contribution in [3.05, 3.63) is 30.1 Å². The van der Waals surface area contributed by atoms with Crippen LogP contribution in [-0.4, -0.2) is 27.8 Å². The number of para-hydroxylation sites is 2. The maximum absolute atomic E-state index is 9.71. The molecule has 1 atom stereocenters. The van der Waals surface area contributed by atoms with Crippen LogP contribution in [0.4, 0.5) is 0 Å². The summed E-state index contributed by atoms with van der Waals surface area (Å²) in [7, 11) is 0. The van der Waals surface area contributed by atoms with Crippen LogP contribution in [0.5, 0.6) is 0 Å². The van der Waals surface area contributed by atoms with E-state index in [0.717, 1.165) is 37.3 Å². The summed E-state index contributed by atoms with van der Waals surface area (Å²) in [5.41, 5.74) is 2.21. The lowest BCUT2D eigenvalue weighted by Crippen LogP contribution is -2.38. The van der Waals surface area contributed by atoms with Crippen LogP contribution >= 0.6 is 0 Å². The van der Waals surface area contributed by atoms with Crippen molar-refractivity contribution in [2.75, 3.05) is 13.2 Å². The van der Waals surface area contributed by atoms with Gasteiger partial charge in [-0.15, -0.1) is 0 Å². The molecule has 0 aliphatic heterocycles. The number of hydrogen-bond donors (Lipinski definition) is 2. The Bertz CT molecular complexity index is 593. The molecule has 0 amide bonds. The van der Waals surface area contributed by atoms with E-state index < -0.39 is 0 Å². The van der Waals surface area contributed by atoms with Gasteiger partial charge >= 0.3 is 0 Å². The molecular weight excluding hydrogens is 274 g/mol. The molecule has 4 nitrogen and oxygen atoms in total. The molecule has 4 heteroatoms. The maximum atomic E-state index is 9.71. The summed E-state index contributed by atoms with van der Waals surface area (Å²) < 4.78 is 2.27. The highest BCUT2D eigenvalue weighted by molar-refractivity contribution is 5.76. The minimum Gasteiger partial charge on any atom is -0.396 e. The first kappa shape index (κ1) is 17.0. The fourth-order valence-corrected chi connectivity index (χ4v) is 3.00. The van der Waals surface area contributed by atoms with Gasteiger partial charge in [-0.2, -0.15) is 0 Å². The molecule has 2 N–H and O–H groups in total. The van der Waals surface area contributed by atoms with Gasteiger partial charge in [-0.05, 0) is 38.8 Å². The van der Waals surface area contributed by atoms with E-state index in [1.165, 1.54) is 5.52 Å². The van der Waals surface area contributed by atoms with Gasteiger partial charge in [0.1, 0.15) is 5.82 Å². The number of aliphatic hydroxyl groups excluding tert-OH is 1. The number of imidazole rings is 1. The summed E-state index contributed by atoms with van der Waals surface area (Å²) in [5, 5.41) is 13.3. The second-order valence-electron chi connectivity index (χ2n) is 6.17. The Hall–Kier alpha value is -1.39. The third-order valence-corrected chi connectivity index (χ3v) is 5.01. The Morgan fingerprint density at radius 2 is 1.91 bits per heavy atom. The summed E-state index contributed by atoms with van der Waals surface area (Å²) in [5.74, 6) is 1.07. The largest absolute Gasteiger partial charge is 0.396 e. The number of nitrogens with zero attached hydrogens (tertiary/aromatic N) is 2. The quantitative estimate of drug-likeness (QED) is 0.784. The summed E-state index contributed by atoms with van der Waals surface area (Å²) in [6.07, 6.45) is 1.95. The van der Waals surface area contributed by atoms with Crippen LogP contribution in [0.25, 0.3) is 11.0 Å². The summed E-state index contributed by atoms with van der Waals surface area (Å²) in [6, 6.07) is 8.44. The minimum absolute atomic E-state index is 0.0304. The lowest BCUT2D eigenvalue weighted by Gasteiger charge is -2.31. The number of aryl methyl sites for hydroxylation is 1. The van der Waals surface area contributed by atoms with Gasteiger partial charge in [0.15, 0.2) is 0 Å². The van der Waals surface area contributed by atoms with Crippen LogP contribution in [0.2, 0.25) is 0 Å². The van der Waals surface area contributed by atoms with Gasteiger partial charge in [0.05, 0.1) is 17.1 Å². The van der Waals surface area contributed by atoms with Gasteiger partial charge in [-0.25, -0.2) is 4.98 Å². The van der Waals surface area contributed by atoms with Gasteiger partial charge in [-0.3, -0.25) is 0 Å². The van der Waals surface area contributed by atoms with Crippen LogP contribution in [-0.2, 0) is 6.54 Å². The number of aliphatic hydroxyl groups is 1. The first-order chi connectivity index (χ1) is 10.6. The first-order valence-electron chi connectivity index (χ1n) is 8.40. The average Bonchev–Trinajstić information content (AvgIpc) is 2.95. The number of rotatable bonds is 8. The molecule has 2 aromatic rings. The van der Waals surface area contributed by atoms with Crippen molar-refractivity contribution in [1.82, 2.24) is 14.9 Å². The fourth-order valence-electron chi connectivity index (χ4n) is 3.00. The third kappa shape index (κ3) is 3.18. The van der Waals surface area contributed by atoms with E-state index in [4.69, 9.17) is 4.98 Å². The van der Waals surface area contributed by atoms with Crippen molar-refractivity contribution in [1.29, 1.82) is 0 Å². The third-order valence-electron chi connectivity index (χ3n) is 5.01. The molecule has 22 heavy (non-hydrogen) atoms. The number of aromatic nitrogens is 2. The molecule has 0 aliphatic rings. The number of nitrogens with one attached hydrogen (secondary N) is 1. The van der Waals surface area contributed by atoms with E-state index in [-0.39, 0.29) is 18.1 Å². The maximum Gasteiger partial charge on any atom is 0.126 e. The van der Waals surface area contributed by atoms with E-state index in [1.807, 2.05) is 6.07 Å². The zero-order chi connectivity index (χ0) is 16.2. The van der Waals surface area contributed by atoms with E-state index in [0.29, 0.717) is 0 Å². The van der Waals surface area contributed by atoms with Gasteiger partial charge in [-0.1, -0.05) is 26.0 Å². The number of benzene rings is 1. The van der Waals surface area contributed by atoms with Crippen molar-refractivity contribution in [2.24, 2.45) is 5.41 Å². The molecule has 1 unspecified atom stereocenters. The van der Waals surface area contributed by atoms with Crippen molar-refractivity contribution >= 4 is 11.0 Å². The zero-order valence-corrected chi connectivity index (χ0v) is 14.3. The predicted octanol–water partition coefficient (Wildman–Crippen LogP) is 3.51. The Kier molecular flexibility index (Phi) is 5.59. The molecule has 0 saturated carbocycles. The van der Waals surface area contributed by atoms with Crippen molar-refractivity contribution in [3.8, 4) is 0 Å². The van der Waals surface area contributed by atoms with E-state index >= 15 is 0 Å². The molecule has 0 aliphatic carbocycles. The molecule has 0 spiro atoms. The summed E-state index contributed by atoms with van der Waals surface area (Å²) >= 11 is 0. The van der Waals surface area contributed by atoms with Crippen molar-refractivity contribution in [2.45, 2.75) is 53.1 Å². The van der Waals surface area contributed by atoms with Crippen LogP contribution in [0.1, 0.15) is 52.4 Å². The van der Waals surface area contributed by atoms with Crippen LogP contribution in [0.3, 0.4) is 0 Å². The summed E-state index contributed by atoms with van der Waals surface area (Å²) in [6.45, 7) is 10.5. The minimum atomic E-state index is -0.0304. The SMILES string of the molecule is CCn1c(C(C)NCC(CC)(CC)CO)nc2ccccc21. The monoisotopic (exact) mass is 303 g/mol. The number of hydrogen-bond acceptors (Lipinski definition) is 3. The first-order valence-corrected chi connectivity index (χ1v) is 8.40. The van der Waals surface area contributed by atoms with Gasteiger partial charge in [0.25, 0.3) is 0 Å². The molecule has 122 valence electrons. The highest BCUT2D eigenvalue weighted by Crippen LogP contribution is 2.26. The zero-order valence-electron chi connectivity index (χ0n) is 14.3. The molecule has 2 rings (SSSR count). The highest BCUT2D eigenvalue weighted by Gasteiger charge is 2.26. The normalized spacial score (nSPS) is 13.7. The molecule has 1 aromatic heterocycles. The molecule has 0 radical (unpaired) electrons. The van der Waals surface area contributed by atoms with E-state index in [9.17, 15) is 5.11 Å². The van der Waals surface area contributed by atoms with Crippen LogP contribution < -0.4 is 5.32 Å². The average molecular weight is 303 g/mol. The number of fused-ring (bicyclic) bond motifs is 1. The molecule has 0 bridgehead atoms. The lowest BCUT2D eigenvalue weighted by atomic mass is 9.83. The van der Waals surface area contributed by atoms with Crippen molar-refractivity contribution in [3.63, 3.8) is 0 Å². The van der Waals surface area contributed by atoms with Crippen molar-refractivity contribution < 1.29 is 5.11 Å². The molecule has 0 saturated heterocycles. The van der Waals surface area contributed by atoms with Crippen LogP contribution in [0, 0.1) is 5.41 Å². The topological polar surface area (TPSA) is 50.1 Å². The van der Waals surface area contributed by atoms with Gasteiger partial charge in [0.2, 0.25) is 0 Å². The molecule has 1 heterocycles. The Morgan fingerprint density at radius 3 is 2.50 bits per heavy atom. The standard InChI is InChI=1S/C18H29N3O/c1-5-18(6-2,13-22)12-19-14(4)17-20-15-10-8-9-11-16(15)21(17)7-3/h8-11,14,19,22H,5-7,12-13H2,1-4H3. The van der Waals surface area contributed by atoms with Gasteiger partial charge < -0.3 is 15.0 Å². The lowest BCUT2D eigenvalue weighted by molar-refractivity contribution is 0.110. The van der Waals surface area contributed by atoms with E-state index in [1.54, 1.807) is 0 Å². The summed E-state index contributed by atoms with van der Waals surface area (Å²) in [4.78, 5) is 4.80.